The summed E-state index contributed by atoms with van der Waals surface area (Å²) >= 11 is 0. The Bertz CT molecular complexity index is 445. The van der Waals surface area contributed by atoms with E-state index in [9.17, 15) is 4.79 Å². The summed E-state index contributed by atoms with van der Waals surface area (Å²) in [5.41, 5.74) is 0. The lowest BCUT2D eigenvalue weighted by atomic mass is 9.82. The molecule has 2 aliphatic heterocycles. The molecule has 0 aromatic heterocycles. The van der Waals surface area contributed by atoms with E-state index in [0.717, 1.165) is 49.6 Å². The van der Waals surface area contributed by atoms with Gasteiger partial charge in [-0.1, -0.05) is 11.8 Å². The maximum atomic E-state index is 11.5. The van der Waals surface area contributed by atoms with E-state index in [-0.39, 0.29) is 5.91 Å². The fourth-order valence-corrected chi connectivity index (χ4v) is 5.09. The van der Waals surface area contributed by atoms with Gasteiger partial charge < -0.3 is 4.90 Å². The van der Waals surface area contributed by atoms with Crippen LogP contribution in [0.15, 0.2) is 0 Å². The van der Waals surface area contributed by atoms with Crippen molar-refractivity contribution in [2.45, 2.75) is 32.1 Å². The van der Waals surface area contributed by atoms with Crippen LogP contribution < -0.4 is 0 Å². The highest BCUT2D eigenvalue weighted by Gasteiger charge is 2.51. The van der Waals surface area contributed by atoms with Gasteiger partial charge in [-0.3, -0.25) is 9.69 Å². The highest BCUT2D eigenvalue weighted by Crippen LogP contribution is 2.54. The van der Waals surface area contributed by atoms with Gasteiger partial charge in [0.15, 0.2) is 0 Å². The van der Waals surface area contributed by atoms with Crippen molar-refractivity contribution in [1.29, 1.82) is 0 Å². The number of hydrogen-bond donors (Lipinski definition) is 0. The molecular weight excluding hydrogens is 248 g/mol. The number of carbonyl (C=O) groups is 1. The Morgan fingerprint density at radius 3 is 2.40 bits per heavy atom. The maximum absolute atomic E-state index is 11.5. The van der Waals surface area contributed by atoms with Crippen LogP contribution >= 0.6 is 0 Å². The molecule has 4 rings (SSSR count). The lowest BCUT2D eigenvalue weighted by Crippen LogP contribution is -2.25. The molecule has 0 aromatic carbocycles. The van der Waals surface area contributed by atoms with Crippen molar-refractivity contribution in [3.05, 3.63) is 0 Å². The molecule has 3 heteroatoms. The summed E-state index contributed by atoms with van der Waals surface area (Å²) in [7, 11) is 0. The Morgan fingerprint density at radius 2 is 1.75 bits per heavy atom. The lowest BCUT2D eigenvalue weighted by molar-refractivity contribution is -0.127. The number of carbonyl (C=O) groups excluding carboxylic acids is 1. The van der Waals surface area contributed by atoms with Crippen LogP contribution in [0.3, 0.4) is 0 Å². The van der Waals surface area contributed by atoms with Crippen molar-refractivity contribution in [3.63, 3.8) is 0 Å². The molecule has 0 radical (unpaired) electrons. The number of likely N-dealkylation sites (tertiary alicyclic amines) is 2. The first-order valence-corrected chi connectivity index (χ1v) is 8.27. The summed E-state index contributed by atoms with van der Waals surface area (Å²) in [6.07, 6.45) is 6.23. The average Bonchev–Trinajstić information content (AvgIpc) is 3.17. The molecule has 4 aliphatic rings. The molecule has 20 heavy (non-hydrogen) atoms. The van der Waals surface area contributed by atoms with Crippen LogP contribution in [0.1, 0.15) is 32.1 Å². The molecule has 0 N–H and O–H groups in total. The Labute approximate surface area is 121 Å². The maximum Gasteiger partial charge on any atom is 0.223 e. The van der Waals surface area contributed by atoms with Gasteiger partial charge in [-0.05, 0) is 49.4 Å². The Morgan fingerprint density at radius 1 is 1.05 bits per heavy atom. The van der Waals surface area contributed by atoms with E-state index in [1.807, 2.05) is 4.90 Å². The molecule has 2 heterocycles. The Kier molecular flexibility index (Phi) is 3.22. The van der Waals surface area contributed by atoms with Crippen LogP contribution in [0.25, 0.3) is 0 Å². The predicted molar refractivity (Wildman–Crippen MR) is 77.8 cm³/mol. The summed E-state index contributed by atoms with van der Waals surface area (Å²) < 4.78 is 0. The van der Waals surface area contributed by atoms with Crippen LogP contribution in [0.2, 0.25) is 0 Å². The number of nitrogens with zero attached hydrogens (tertiary/aromatic N) is 2. The van der Waals surface area contributed by atoms with Gasteiger partial charge in [-0.15, -0.1) is 0 Å². The minimum absolute atomic E-state index is 0.284. The van der Waals surface area contributed by atoms with E-state index >= 15 is 0 Å². The fraction of sp³-hybridized carbons (Fsp3) is 0.824. The minimum atomic E-state index is 0.284. The zero-order valence-electron chi connectivity index (χ0n) is 12.2. The molecular formula is C17H24N2O. The summed E-state index contributed by atoms with van der Waals surface area (Å²) in [4.78, 5) is 15.9. The monoisotopic (exact) mass is 272 g/mol. The van der Waals surface area contributed by atoms with Crippen LogP contribution in [-0.4, -0.2) is 48.4 Å². The fourth-order valence-electron chi connectivity index (χ4n) is 5.09. The van der Waals surface area contributed by atoms with E-state index in [0.29, 0.717) is 6.54 Å². The van der Waals surface area contributed by atoms with Crippen LogP contribution in [-0.2, 0) is 4.79 Å². The van der Waals surface area contributed by atoms with E-state index in [2.05, 4.69) is 16.7 Å². The number of fused-ring (bicyclic) bond motifs is 5. The second-order valence-electron chi connectivity index (χ2n) is 7.13. The van der Waals surface area contributed by atoms with Gasteiger partial charge >= 0.3 is 0 Å². The van der Waals surface area contributed by atoms with Gasteiger partial charge in [0.2, 0.25) is 5.91 Å². The molecule has 3 nitrogen and oxygen atoms in total. The second-order valence-corrected chi connectivity index (χ2v) is 7.13. The van der Waals surface area contributed by atoms with Crippen molar-refractivity contribution in [3.8, 4) is 11.8 Å². The second kappa shape index (κ2) is 5.07. The minimum Gasteiger partial charge on any atom is -0.332 e. The van der Waals surface area contributed by atoms with E-state index in [1.165, 1.54) is 32.4 Å². The van der Waals surface area contributed by atoms with Crippen LogP contribution in [0.5, 0.6) is 0 Å². The summed E-state index contributed by atoms with van der Waals surface area (Å²) in [5.74, 6) is 10.8. The third kappa shape index (κ3) is 2.15. The van der Waals surface area contributed by atoms with Gasteiger partial charge in [-0.2, -0.15) is 0 Å². The van der Waals surface area contributed by atoms with Gasteiger partial charge in [0.1, 0.15) is 0 Å². The first kappa shape index (κ1) is 12.7. The van der Waals surface area contributed by atoms with Gasteiger partial charge in [0, 0.05) is 26.1 Å². The zero-order chi connectivity index (χ0) is 13.5. The molecule has 108 valence electrons. The third-order valence-electron chi connectivity index (χ3n) is 6.08. The van der Waals surface area contributed by atoms with Crippen LogP contribution in [0, 0.1) is 35.5 Å². The van der Waals surface area contributed by atoms with Crippen molar-refractivity contribution in [2.24, 2.45) is 23.7 Å². The molecule has 0 aromatic rings. The van der Waals surface area contributed by atoms with E-state index in [4.69, 9.17) is 0 Å². The predicted octanol–water partition coefficient (Wildman–Crippen LogP) is 1.59. The molecule has 2 saturated carbocycles. The van der Waals surface area contributed by atoms with Crippen molar-refractivity contribution in [2.75, 3.05) is 32.7 Å². The molecule has 4 fully saturated rings. The number of amides is 1. The Balaban J connectivity index is 1.26. The van der Waals surface area contributed by atoms with Crippen molar-refractivity contribution < 1.29 is 4.79 Å². The first-order valence-electron chi connectivity index (χ1n) is 8.27. The first-order chi connectivity index (χ1) is 9.81. The molecule has 2 aliphatic carbocycles. The lowest BCUT2D eigenvalue weighted by Gasteiger charge is -2.22. The standard InChI is InChI=1S/C17H24N2O/c20-17-4-3-9-19(17)8-2-1-7-18-11-15-13-5-6-14(10-13)16(15)12-18/h13-16H,3-12H2/t13-,14-,15+,16+/m0/s1. The third-order valence-corrected chi connectivity index (χ3v) is 6.08. The van der Waals surface area contributed by atoms with E-state index in [1.54, 1.807) is 0 Å². The summed E-state index contributed by atoms with van der Waals surface area (Å²) in [6.45, 7) is 5.02. The van der Waals surface area contributed by atoms with Gasteiger partial charge in [-0.25, -0.2) is 0 Å². The highest BCUT2D eigenvalue weighted by molar-refractivity contribution is 5.78. The van der Waals surface area contributed by atoms with Crippen molar-refractivity contribution >= 4 is 5.91 Å². The Hall–Kier alpha value is -1.01. The molecule has 0 spiro atoms. The van der Waals surface area contributed by atoms with Gasteiger partial charge in [0.25, 0.3) is 0 Å². The zero-order valence-corrected chi connectivity index (χ0v) is 12.2. The molecule has 1 amide bonds. The molecule has 2 saturated heterocycles. The van der Waals surface area contributed by atoms with Crippen LogP contribution in [0.4, 0.5) is 0 Å². The SMILES string of the molecule is O=C1CCCN1CC#CCN1C[C@@H]2[C@H]3CC[C@@H](C3)[C@H]2C1. The average molecular weight is 272 g/mol. The quantitative estimate of drug-likeness (QED) is 0.713. The molecule has 2 bridgehead atoms. The normalized spacial score (nSPS) is 39.2. The summed E-state index contributed by atoms with van der Waals surface area (Å²) in [5, 5.41) is 0. The number of rotatable bonds is 2. The van der Waals surface area contributed by atoms with Gasteiger partial charge in [0.05, 0.1) is 13.1 Å². The van der Waals surface area contributed by atoms with Crippen molar-refractivity contribution in [1.82, 2.24) is 9.80 Å². The largest absolute Gasteiger partial charge is 0.332 e. The summed E-state index contributed by atoms with van der Waals surface area (Å²) in [6, 6.07) is 0. The topological polar surface area (TPSA) is 23.6 Å². The van der Waals surface area contributed by atoms with E-state index < -0.39 is 0 Å². The number of hydrogen-bond acceptors (Lipinski definition) is 2. The smallest absolute Gasteiger partial charge is 0.223 e. The highest BCUT2D eigenvalue weighted by atomic mass is 16.2. The molecule has 0 unspecified atom stereocenters. The molecule has 4 atom stereocenters.